The fourth-order valence-corrected chi connectivity index (χ4v) is 2.54. The third-order valence-corrected chi connectivity index (χ3v) is 4.25. The molecule has 0 aliphatic heterocycles. The van der Waals surface area contributed by atoms with E-state index in [0.717, 1.165) is 5.56 Å². The van der Waals surface area contributed by atoms with Crippen molar-refractivity contribution in [3.05, 3.63) is 29.8 Å². The number of rotatable bonds is 8. The Kier molecular flexibility index (Phi) is 7.14. The van der Waals surface area contributed by atoms with Crippen LogP contribution in [0.15, 0.2) is 29.2 Å². The zero-order valence-electron chi connectivity index (χ0n) is 12.1. The number of ether oxygens (including phenoxy) is 1. The molecule has 0 aliphatic carbocycles. The monoisotopic (exact) mass is 333 g/mol. The molecule has 0 fully saturated rings. The molecule has 21 heavy (non-hydrogen) atoms. The molecular formula is C14H20ClNO4S. The number of amides is 1. The Balaban J connectivity index is 2.40. The Hall–Kier alpha value is -1.11. The maximum absolute atomic E-state index is 11.7. The van der Waals surface area contributed by atoms with Gasteiger partial charge in [-0.15, -0.1) is 0 Å². The second-order valence-electron chi connectivity index (χ2n) is 4.65. The van der Waals surface area contributed by atoms with E-state index >= 15 is 0 Å². The van der Waals surface area contributed by atoms with Crippen LogP contribution >= 0.6 is 10.7 Å². The molecule has 0 saturated carbocycles. The van der Waals surface area contributed by atoms with Gasteiger partial charge >= 0.3 is 0 Å². The molecule has 0 aliphatic rings. The van der Waals surface area contributed by atoms with E-state index in [0.29, 0.717) is 26.0 Å². The quantitative estimate of drug-likeness (QED) is 0.739. The molecule has 1 aromatic rings. The molecule has 0 radical (unpaired) electrons. The van der Waals surface area contributed by atoms with Crippen LogP contribution in [0.2, 0.25) is 0 Å². The number of carbonyl (C=O) groups is 1. The highest BCUT2D eigenvalue weighted by Gasteiger charge is 2.10. The highest BCUT2D eigenvalue weighted by molar-refractivity contribution is 8.13. The van der Waals surface area contributed by atoms with E-state index < -0.39 is 9.05 Å². The average molecular weight is 334 g/mol. The maximum atomic E-state index is 11.7. The summed E-state index contributed by atoms with van der Waals surface area (Å²) in [5, 5.41) is 2.79. The van der Waals surface area contributed by atoms with Crippen LogP contribution in [0, 0.1) is 0 Å². The molecule has 1 unspecified atom stereocenters. The number of hydrogen-bond donors (Lipinski definition) is 1. The SMILES string of the molecule is CCOC(C)CNC(=O)CCc1ccc(S(=O)(=O)Cl)cc1. The number of hydrogen-bond acceptors (Lipinski definition) is 4. The molecule has 0 aromatic heterocycles. The van der Waals surface area contributed by atoms with Gasteiger partial charge in [0.15, 0.2) is 0 Å². The van der Waals surface area contributed by atoms with Gasteiger partial charge in [0.25, 0.3) is 9.05 Å². The molecule has 1 atom stereocenters. The molecule has 7 heteroatoms. The van der Waals surface area contributed by atoms with E-state index in [2.05, 4.69) is 5.32 Å². The lowest BCUT2D eigenvalue weighted by atomic mass is 10.1. The normalized spacial score (nSPS) is 12.9. The summed E-state index contributed by atoms with van der Waals surface area (Å²) < 4.78 is 27.5. The van der Waals surface area contributed by atoms with E-state index in [9.17, 15) is 13.2 Å². The zero-order chi connectivity index (χ0) is 15.9. The van der Waals surface area contributed by atoms with Gasteiger partial charge in [-0.1, -0.05) is 12.1 Å². The molecule has 1 aromatic carbocycles. The molecule has 5 nitrogen and oxygen atoms in total. The van der Waals surface area contributed by atoms with Crippen LogP contribution in [0.1, 0.15) is 25.8 Å². The van der Waals surface area contributed by atoms with Crippen LogP contribution in [0.3, 0.4) is 0 Å². The van der Waals surface area contributed by atoms with Crippen molar-refractivity contribution < 1.29 is 17.9 Å². The molecular weight excluding hydrogens is 314 g/mol. The average Bonchev–Trinajstić information content (AvgIpc) is 2.43. The molecule has 1 amide bonds. The van der Waals surface area contributed by atoms with Gasteiger partial charge in [0.05, 0.1) is 11.0 Å². The van der Waals surface area contributed by atoms with Crippen molar-refractivity contribution in [3.63, 3.8) is 0 Å². The zero-order valence-corrected chi connectivity index (χ0v) is 13.7. The number of halogens is 1. The van der Waals surface area contributed by atoms with Crippen molar-refractivity contribution in [3.8, 4) is 0 Å². The third kappa shape index (κ3) is 6.93. The maximum Gasteiger partial charge on any atom is 0.261 e. The van der Waals surface area contributed by atoms with Gasteiger partial charge < -0.3 is 10.1 Å². The molecule has 118 valence electrons. The third-order valence-electron chi connectivity index (χ3n) is 2.88. The number of aryl methyl sites for hydroxylation is 1. The van der Waals surface area contributed by atoms with E-state index in [-0.39, 0.29) is 16.9 Å². The topological polar surface area (TPSA) is 72.5 Å². The van der Waals surface area contributed by atoms with Crippen molar-refractivity contribution in [2.24, 2.45) is 0 Å². The van der Waals surface area contributed by atoms with Crippen molar-refractivity contribution >= 4 is 25.6 Å². The first kappa shape index (κ1) is 17.9. The van der Waals surface area contributed by atoms with E-state index in [1.54, 1.807) is 12.1 Å². The highest BCUT2D eigenvalue weighted by Crippen LogP contribution is 2.15. The molecule has 1 N–H and O–H groups in total. The molecule has 1 rings (SSSR count). The van der Waals surface area contributed by atoms with Gasteiger partial charge in [0.2, 0.25) is 5.91 Å². The summed E-state index contributed by atoms with van der Waals surface area (Å²) in [6.45, 7) is 4.90. The number of nitrogens with one attached hydrogen (secondary N) is 1. The van der Waals surface area contributed by atoms with Crippen LogP contribution < -0.4 is 5.32 Å². The molecule has 0 bridgehead atoms. The summed E-state index contributed by atoms with van der Waals surface area (Å²) in [6, 6.07) is 6.19. The summed E-state index contributed by atoms with van der Waals surface area (Å²) in [6.07, 6.45) is 0.871. The summed E-state index contributed by atoms with van der Waals surface area (Å²) in [5.74, 6) is -0.0596. The van der Waals surface area contributed by atoms with Gasteiger partial charge in [0.1, 0.15) is 0 Å². The summed E-state index contributed by atoms with van der Waals surface area (Å²) >= 11 is 0. The fourth-order valence-electron chi connectivity index (χ4n) is 1.77. The molecule has 0 saturated heterocycles. The molecule has 0 heterocycles. The fraction of sp³-hybridized carbons (Fsp3) is 0.500. The lowest BCUT2D eigenvalue weighted by Crippen LogP contribution is -2.32. The predicted molar refractivity (Wildman–Crippen MR) is 81.9 cm³/mol. The second-order valence-corrected chi connectivity index (χ2v) is 7.22. The van der Waals surface area contributed by atoms with Crippen LogP contribution in [-0.2, 0) is 25.0 Å². The van der Waals surface area contributed by atoms with Gasteiger partial charge in [-0.25, -0.2) is 8.42 Å². The standard InChI is InChI=1S/C14H20ClNO4S/c1-3-20-11(2)10-16-14(17)9-6-12-4-7-13(8-5-12)21(15,18)19/h4-5,7-8,11H,3,6,9-10H2,1-2H3,(H,16,17). The Morgan fingerprint density at radius 2 is 1.95 bits per heavy atom. The Bertz CT molecular complexity index is 557. The lowest BCUT2D eigenvalue weighted by Gasteiger charge is -2.12. The lowest BCUT2D eigenvalue weighted by molar-refractivity contribution is -0.121. The van der Waals surface area contributed by atoms with E-state index in [1.165, 1.54) is 12.1 Å². The number of benzene rings is 1. The van der Waals surface area contributed by atoms with Crippen LogP contribution in [0.5, 0.6) is 0 Å². The van der Waals surface area contributed by atoms with Gasteiger partial charge in [-0.3, -0.25) is 4.79 Å². The summed E-state index contributed by atoms with van der Waals surface area (Å²) in [7, 11) is 1.54. The van der Waals surface area contributed by atoms with Gasteiger partial charge in [-0.05, 0) is 38.0 Å². The summed E-state index contributed by atoms with van der Waals surface area (Å²) in [5.41, 5.74) is 0.882. The largest absolute Gasteiger partial charge is 0.377 e. The minimum atomic E-state index is -3.70. The van der Waals surface area contributed by atoms with Crippen molar-refractivity contribution in [1.29, 1.82) is 0 Å². The van der Waals surface area contributed by atoms with Crippen molar-refractivity contribution in [1.82, 2.24) is 5.32 Å². The van der Waals surface area contributed by atoms with Crippen LogP contribution in [-0.4, -0.2) is 33.6 Å². The van der Waals surface area contributed by atoms with Crippen molar-refractivity contribution in [2.75, 3.05) is 13.2 Å². The number of carbonyl (C=O) groups excluding carboxylic acids is 1. The van der Waals surface area contributed by atoms with E-state index in [1.807, 2.05) is 13.8 Å². The van der Waals surface area contributed by atoms with Gasteiger partial charge in [0, 0.05) is 30.3 Å². The first-order valence-corrected chi connectivity index (χ1v) is 9.05. The van der Waals surface area contributed by atoms with Crippen LogP contribution in [0.4, 0.5) is 0 Å². The minimum Gasteiger partial charge on any atom is -0.377 e. The Morgan fingerprint density at radius 1 is 1.33 bits per heavy atom. The smallest absolute Gasteiger partial charge is 0.261 e. The second kappa shape index (κ2) is 8.36. The van der Waals surface area contributed by atoms with Crippen LogP contribution in [0.25, 0.3) is 0 Å². The van der Waals surface area contributed by atoms with Crippen molar-refractivity contribution in [2.45, 2.75) is 37.7 Å². The first-order chi connectivity index (χ1) is 9.82. The van der Waals surface area contributed by atoms with E-state index in [4.69, 9.17) is 15.4 Å². The predicted octanol–water partition coefficient (Wildman–Crippen LogP) is 2.09. The molecule has 0 spiro atoms. The Morgan fingerprint density at radius 3 is 2.48 bits per heavy atom. The highest BCUT2D eigenvalue weighted by atomic mass is 35.7. The minimum absolute atomic E-state index is 0.00726. The van der Waals surface area contributed by atoms with Gasteiger partial charge in [-0.2, -0.15) is 0 Å². The Labute approximate surface area is 130 Å². The summed E-state index contributed by atoms with van der Waals surface area (Å²) in [4.78, 5) is 11.7. The first-order valence-electron chi connectivity index (χ1n) is 6.74.